The van der Waals surface area contributed by atoms with Gasteiger partial charge in [-0.25, -0.2) is 13.3 Å². The molecule has 0 bridgehead atoms. The van der Waals surface area contributed by atoms with Crippen LogP contribution in [0.2, 0.25) is 0 Å². The molecule has 0 saturated heterocycles. The molecule has 3 nitrogen and oxygen atoms in total. The molecule has 0 aliphatic heterocycles. The van der Waals surface area contributed by atoms with E-state index in [1.165, 1.54) is 12.1 Å². The number of nitrogens with one attached hydrogen (secondary N) is 1. The van der Waals surface area contributed by atoms with Crippen molar-refractivity contribution in [3.63, 3.8) is 0 Å². The Balaban J connectivity index is 2.87. The number of nitrogen functional groups attached to an aromatic ring is 1. The number of rotatable bonds is 3. The molecule has 0 amide bonds. The van der Waals surface area contributed by atoms with Crippen molar-refractivity contribution in [2.45, 2.75) is 38.5 Å². The van der Waals surface area contributed by atoms with Gasteiger partial charge in [-0.3, -0.25) is 0 Å². The number of halogens is 1. The van der Waals surface area contributed by atoms with Crippen LogP contribution >= 0.6 is 0 Å². The van der Waals surface area contributed by atoms with Crippen molar-refractivity contribution in [2.75, 3.05) is 5.73 Å². The van der Waals surface area contributed by atoms with Crippen LogP contribution < -0.4 is 10.5 Å². The molecule has 0 aromatic heterocycles. The van der Waals surface area contributed by atoms with Crippen molar-refractivity contribution >= 4 is 16.7 Å². The second-order valence-electron chi connectivity index (χ2n) is 5.00. The number of nitrogens with two attached hydrogens (primary N) is 1. The molecule has 96 valence electrons. The van der Waals surface area contributed by atoms with E-state index in [0.717, 1.165) is 0 Å². The first-order valence-electron chi connectivity index (χ1n) is 5.45. The van der Waals surface area contributed by atoms with E-state index < -0.39 is 11.0 Å². The Labute approximate surface area is 104 Å². The van der Waals surface area contributed by atoms with Crippen molar-refractivity contribution in [3.05, 3.63) is 29.6 Å². The van der Waals surface area contributed by atoms with Crippen LogP contribution in [0.5, 0.6) is 0 Å². The molecule has 0 spiro atoms. The van der Waals surface area contributed by atoms with Crippen LogP contribution in [-0.2, 0) is 11.0 Å². The topological polar surface area (TPSA) is 55.1 Å². The van der Waals surface area contributed by atoms with Crippen LogP contribution in [0.15, 0.2) is 18.2 Å². The maximum atomic E-state index is 13.6. The van der Waals surface area contributed by atoms with Gasteiger partial charge in [-0.15, -0.1) is 0 Å². The molecule has 0 aliphatic rings. The van der Waals surface area contributed by atoms with Gasteiger partial charge in [-0.1, -0.05) is 0 Å². The Kier molecular flexibility index (Phi) is 4.27. The zero-order valence-corrected chi connectivity index (χ0v) is 11.4. The highest BCUT2D eigenvalue weighted by Gasteiger charge is 2.22. The van der Waals surface area contributed by atoms with Gasteiger partial charge in [-0.05, 0) is 45.9 Å². The second-order valence-corrected chi connectivity index (χ2v) is 7.00. The van der Waals surface area contributed by atoms with Gasteiger partial charge in [0, 0.05) is 17.3 Å². The maximum absolute atomic E-state index is 13.6. The van der Waals surface area contributed by atoms with E-state index in [1.807, 2.05) is 20.8 Å². The molecule has 1 aromatic carbocycles. The van der Waals surface area contributed by atoms with Crippen LogP contribution in [0.1, 0.15) is 39.3 Å². The lowest BCUT2D eigenvalue weighted by Crippen LogP contribution is -2.35. The predicted octanol–water partition coefficient (Wildman–Crippen LogP) is 2.52. The molecule has 0 radical (unpaired) electrons. The lowest BCUT2D eigenvalue weighted by Gasteiger charge is -2.22. The predicted molar refractivity (Wildman–Crippen MR) is 70.3 cm³/mol. The minimum absolute atomic E-state index is 0.342. The van der Waals surface area contributed by atoms with Gasteiger partial charge >= 0.3 is 0 Å². The monoisotopic (exact) mass is 258 g/mol. The molecule has 0 fully saturated rings. The fourth-order valence-corrected chi connectivity index (χ4v) is 2.10. The van der Waals surface area contributed by atoms with Crippen LogP contribution in [-0.4, -0.2) is 8.96 Å². The summed E-state index contributed by atoms with van der Waals surface area (Å²) in [6, 6.07) is 4.04. The van der Waals surface area contributed by atoms with Crippen molar-refractivity contribution in [1.29, 1.82) is 0 Å². The molecular formula is C12H19FN2OS. The molecule has 2 atom stereocenters. The molecule has 0 heterocycles. The third-order valence-electron chi connectivity index (χ3n) is 2.33. The average Bonchev–Trinajstić information content (AvgIpc) is 2.20. The molecule has 1 aromatic rings. The summed E-state index contributed by atoms with van der Waals surface area (Å²) in [4.78, 5) is 0. The second kappa shape index (κ2) is 5.14. The molecule has 5 heteroatoms. The third-order valence-corrected chi connectivity index (χ3v) is 4.01. The van der Waals surface area contributed by atoms with Crippen LogP contribution in [0.3, 0.4) is 0 Å². The van der Waals surface area contributed by atoms with E-state index in [0.29, 0.717) is 11.3 Å². The molecule has 3 N–H and O–H groups in total. The summed E-state index contributed by atoms with van der Waals surface area (Å²) < 4.78 is 28.0. The Morgan fingerprint density at radius 2 is 2.00 bits per heavy atom. The summed E-state index contributed by atoms with van der Waals surface area (Å²) in [6.45, 7) is 7.34. The van der Waals surface area contributed by atoms with Crippen LogP contribution in [0.25, 0.3) is 0 Å². The molecule has 0 saturated carbocycles. The lowest BCUT2D eigenvalue weighted by molar-refractivity contribution is 0.572. The molecule has 0 unspecified atom stereocenters. The van der Waals surface area contributed by atoms with Gasteiger partial charge in [0.1, 0.15) is 5.82 Å². The van der Waals surface area contributed by atoms with Crippen molar-refractivity contribution < 1.29 is 8.60 Å². The van der Waals surface area contributed by atoms with Crippen molar-refractivity contribution in [1.82, 2.24) is 4.72 Å². The third kappa shape index (κ3) is 3.78. The first kappa shape index (κ1) is 14.1. The summed E-state index contributed by atoms with van der Waals surface area (Å²) in [7, 11) is -1.24. The highest BCUT2D eigenvalue weighted by Crippen LogP contribution is 2.21. The SMILES string of the molecule is C[C@H](N[S@@](=O)C(C)(C)C)c1cc(N)ccc1F. The summed E-state index contributed by atoms with van der Waals surface area (Å²) in [5.74, 6) is -0.342. The standard InChI is InChI=1S/C12H19FN2OS/c1-8(15-17(16)12(2,3)4)10-7-9(14)5-6-11(10)13/h5-8,15H,14H2,1-4H3/t8-,17-/m0/s1. The average molecular weight is 258 g/mol. The Bertz CT molecular complexity index is 429. The Morgan fingerprint density at radius 1 is 1.41 bits per heavy atom. The summed E-state index contributed by atoms with van der Waals surface area (Å²) in [5.41, 5.74) is 6.54. The van der Waals surface area contributed by atoms with Crippen LogP contribution in [0.4, 0.5) is 10.1 Å². The molecule has 1 rings (SSSR count). The number of hydrogen-bond donors (Lipinski definition) is 2. The molecular weight excluding hydrogens is 239 g/mol. The first-order valence-corrected chi connectivity index (χ1v) is 6.60. The van der Waals surface area contributed by atoms with E-state index >= 15 is 0 Å². The summed E-state index contributed by atoms with van der Waals surface area (Å²) in [5, 5.41) is 0. The quantitative estimate of drug-likeness (QED) is 0.819. The maximum Gasteiger partial charge on any atom is 0.128 e. The smallest absolute Gasteiger partial charge is 0.128 e. The number of benzene rings is 1. The lowest BCUT2D eigenvalue weighted by atomic mass is 10.1. The highest BCUT2D eigenvalue weighted by molar-refractivity contribution is 7.84. The Morgan fingerprint density at radius 3 is 2.53 bits per heavy atom. The minimum Gasteiger partial charge on any atom is -0.399 e. The zero-order chi connectivity index (χ0) is 13.2. The van der Waals surface area contributed by atoms with Gasteiger partial charge < -0.3 is 5.73 Å². The molecule has 17 heavy (non-hydrogen) atoms. The van der Waals surface area contributed by atoms with Gasteiger partial charge in [-0.2, -0.15) is 0 Å². The molecule has 0 aliphatic carbocycles. The highest BCUT2D eigenvalue weighted by atomic mass is 32.2. The van der Waals surface area contributed by atoms with Gasteiger partial charge in [0.05, 0.1) is 15.7 Å². The van der Waals surface area contributed by atoms with Crippen molar-refractivity contribution in [2.24, 2.45) is 0 Å². The first-order chi connectivity index (χ1) is 7.71. The van der Waals surface area contributed by atoms with E-state index in [1.54, 1.807) is 13.0 Å². The van der Waals surface area contributed by atoms with Gasteiger partial charge in [0.25, 0.3) is 0 Å². The minimum atomic E-state index is -1.24. The summed E-state index contributed by atoms with van der Waals surface area (Å²) >= 11 is 0. The normalized spacial score (nSPS) is 15.6. The fourth-order valence-electron chi connectivity index (χ4n) is 1.29. The van der Waals surface area contributed by atoms with Crippen molar-refractivity contribution in [3.8, 4) is 0 Å². The fraction of sp³-hybridized carbons (Fsp3) is 0.500. The van der Waals surface area contributed by atoms with E-state index in [-0.39, 0.29) is 16.6 Å². The number of hydrogen-bond acceptors (Lipinski definition) is 2. The van der Waals surface area contributed by atoms with E-state index in [4.69, 9.17) is 5.73 Å². The number of anilines is 1. The van der Waals surface area contributed by atoms with Crippen LogP contribution in [0, 0.1) is 5.82 Å². The Hall–Kier alpha value is -0.940. The largest absolute Gasteiger partial charge is 0.399 e. The van der Waals surface area contributed by atoms with Gasteiger partial charge in [0.15, 0.2) is 0 Å². The van der Waals surface area contributed by atoms with E-state index in [9.17, 15) is 8.60 Å². The van der Waals surface area contributed by atoms with Gasteiger partial charge in [0.2, 0.25) is 0 Å². The van der Waals surface area contributed by atoms with E-state index in [2.05, 4.69) is 4.72 Å². The summed E-state index contributed by atoms with van der Waals surface area (Å²) in [6.07, 6.45) is 0. The zero-order valence-electron chi connectivity index (χ0n) is 10.6.